The zero-order chi connectivity index (χ0) is 33.6. The number of rotatable bonds is 7. The van der Waals surface area contributed by atoms with Crippen LogP contribution < -0.4 is 19.6 Å². The molecule has 240 valence electrons. The summed E-state index contributed by atoms with van der Waals surface area (Å²) in [5.41, 5.74) is -2.70. The lowest BCUT2D eigenvalue weighted by molar-refractivity contribution is -0.140. The Morgan fingerprint density at radius 3 is 2.60 bits per heavy atom. The zero-order valence-electron chi connectivity index (χ0n) is 24.4. The summed E-state index contributed by atoms with van der Waals surface area (Å²) in [7, 11) is 1.34. The second-order valence-electron chi connectivity index (χ2n) is 10.2. The molecule has 14 heteroatoms. The lowest BCUT2D eigenvalue weighted by atomic mass is 9.90. The maximum Gasteiger partial charge on any atom is 0.434 e. The van der Waals surface area contributed by atoms with Crippen LogP contribution in [0.2, 0.25) is 5.02 Å². The number of carbonyl (C=O) groups excluding carboxylic acids is 1. The fourth-order valence-electron chi connectivity index (χ4n) is 5.40. The van der Waals surface area contributed by atoms with Gasteiger partial charge >= 0.3 is 18.1 Å². The van der Waals surface area contributed by atoms with E-state index in [9.17, 15) is 32.7 Å². The molecule has 0 aliphatic carbocycles. The normalized spacial score (nSPS) is 15.0. The molecule has 1 aliphatic heterocycles. The van der Waals surface area contributed by atoms with Gasteiger partial charge in [-0.15, -0.1) is 0 Å². The Morgan fingerprint density at radius 2 is 1.89 bits per heavy atom. The van der Waals surface area contributed by atoms with Gasteiger partial charge in [-0.25, -0.2) is 14.6 Å². The molecule has 3 aromatic carbocycles. The van der Waals surface area contributed by atoms with E-state index in [0.29, 0.717) is 22.1 Å². The lowest BCUT2D eigenvalue weighted by Gasteiger charge is -2.28. The molecule has 0 radical (unpaired) electrons. The van der Waals surface area contributed by atoms with Gasteiger partial charge in [-0.1, -0.05) is 53.3 Å². The third-order valence-corrected chi connectivity index (χ3v) is 8.71. The minimum atomic E-state index is -5.09. The zero-order valence-corrected chi connectivity index (χ0v) is 26.0. The molecule has 47 heavy (non-hydrogen) atoms. The number of carboxylic acids is 1. The minimum Gasteiger partial charge on any atom is -0.496 e. The van der Waals surface area contributed by atoms with Gasteiger partial charge in [0, 0.05) is 17.2 Å². The summed E-state index contributed by atoms with van der Waals surface area (Å²) in [4.78, 5) is 42.4. The van der Waals surface area contributed by atoms with Crippen LogP contribution in [0.3, 0.4) is 0 Å². The summed E-state index contributed by atoms with van der Waals surface area (Å²) in [5.74, 6) is -1.99. The third-order valence-electron chi connectivity index (χ3n) is 7.40. The number of hydrogen-bond donors (Lipinski definition) is 1. The number of fused-ring (bicyclic) bond motifs is 2. The number of aromatic nitrogens is 1. The highest BCUT2D eigenvalue weighted by molar-refractivity contribution is 7.07. The predicted octanol–water partition coefficient (Wildman–Crippen LogP) is 6.11. The molecule has 0 saturated heterocycles. The Hall–Kier alpha value is -5.14. The number of aromatic carboxylic acids is 1. The molecule has 1 aliphatic rings. The molecule has 0 spiro atoms. The maximum absolute atomic E-state index is 14.7. The summed E-state index contributed by atoms with van der Waals surface area (Å²) in [5, 5.41) is 10.7. The summed E-state index contributed by atoms with van der Waals surface area (Å²) < 4.78 is 61.5. The number of ether oxygens (including phenoxy) is 2. The summed E-state index contributed by atoms with van der Waals surface area (Å²) in [6.07, 6.45) is -3.77. The molecule has 0 unspecified atom stereocenters. The number of halogens is 4. The molecule has 0 bridgehead atoms. The molecule has 0 amide bonds. The molecular formula is C33H22ClF3N2O7S. The van der Waals surface area contributed by atoms with Crippen molar-refractivity contribution < 1.29 is 41.8 Å². The number of thiazole rings is 1. The fraction of sp³-hybridized carbons (Fsp3) is 0.152. The molecule has 1 atom stereocenters. The van der Waals surface area contributed by atoms with E-state index in [-0.39, 0.29) is 54.9 Å². The van der Waals surface area contributed by atoms with Crippen molar-refractivity contribution in [2.24, 2.45) is 4.99 Å². The topological polar surface area (TPSA) is 120 Å². The molecule has 9 nitrogen and oxygen atoms in total. The second-order valence-corrected chi connectivity index (χ2v) is 11.6. The van der Waals surface area contributed by atoms with Crippen molar-refractivity contribution in [2.75, 3.05) is 13.7 Å². The van der Waals surface area contributed by atoms with Crippen LogP contribution in [0.1, 0.15) is 34.6 Å². The number of carboxylic acid groups (broad SMARTS) is 1. The van der Waals surface area contributed by atoms with Gasteiger partial charge in [0.05, 0.1) is 34.4 Å². The molecule has 0 fully saturated rings. The molecule has 5 aromatic rings. The number of alkyl halides is 3. The van der Waals surface area contributed by atoms with Gasteiger partial charge in [0.1, 0.15) is 23.3 Å². The van der Waals surface area contributed by atoms with Crippen LogP contribution in [0.25, 0.3) is 28.2 Å². The quantitative estimate of drug-likeness (QED) is 0.206. The first-order chi connectivity index (χ1) is 22.4. The first-order valence-corrected chi connectivity index (χ1v) is 15.1. The average Bonchev–Trinajstić information content (AvgIpc) is 3.63. The SMILES string of the molecule is CCOC(=O)C1=C(C(F)(F)F)N=c2s/c(=C\c3ccc(-c4cc(C(=O)O)ccc4Cl)o3)c(=O)n2[C@H]1c1c(OC)ccc2ccccc12. The third kappa shape index (κ3) is 5.72. The monoisotopic (exact) mass is 682 g/mol. The van der Waals surface area contributed by atoms with Crippen LogP contribution in [-0.4, -0.2) is 41.5 Å². The number of allylic oxidation sites excluding steroid dienone is 1. The van der Waals surface area contributed by atoms with Crippen LogP contribution in [0.15, 0.2) is 92.2 Å². The first-order valence-electron chi connectivity index (χ1n) is 13.9. The van der Waals surface area contributed by atoms with Gasteiger partial charge in [0.2, 0.25) is 0 Å². The van der Waals surface area contributed by atoms with Crippen molar-refractivity contribution in [3.05, 3.63) is 120 Å². The Labute approximate surface area is 272 Å². The number of methoxy groups -OCH3 is 1. The number of hydrogen-bond acceptors (Lipinski definition) is 8. The van der Waals surface area contributed by atoms with Gasteiger partial charge in [-0.3, -0.25) is 9.36 Å². The molecule has 6 rings (SSSR count). The number of benzene rings is 3. The second kappa shape index (κ2) is 12.2. The van der Waals surface area contributed by atoms with E-state index in [1.165, 1.54) is 50.4 Å². The molecule has 2 aromatic heterocycles. The van der Waals surface area contributed by atoms with E-state index >= 15 is 0 Å². The van der Waals surface area contributed by atoms with Crippen LogP contribution in [0.4, 0.5) is 13.2 Å². The summed E-state index contributed by atoms with van der Waals surface area (Å²) in [6.45, 7) is 1.23. The minimum absolute atomic E-state index is 0.0302. The predicted molar refractivity (Wildman–Crippen MR) is 167 cm³/mol. The van der Waals surface area contributed by atoms with Gasteiger partial charge in [-0.2, -0.15) is 13.2 Å². The van der Waals surface area contributed by atoms with E-state index in [1.54, 1.807) is 36.4 Å². The van der Waals surface area contributed by atoms with Crippen LogP contribution in [0.5, 0.6) is 5.75 Å². The number of nitrogens with zero attached hydrogens (tertiary/aromatic N) is 2. The Kier molecular flexibility index (Phi) is 8.28. The average molecular weight is 683 g/mol. The standard InChI is InChI=1S/C33H22ClF3N2O7S/c1-3-45-31(43)26-27(25-19-7-5-4-6-16(19)9-12-23(25)44-2)39-29(40)24(47-32(39)38-28(26)33(35,36)37)15-18-10-13-22(46-18)20-14-17(30(41)42)8-11-21(20)34/h4-15,27H,3H2,1-2H3,(H,41,42)/b24-15-/t27-/m0/s1. The largest absolute Gasteiger partial charge is 0.496 e. The van der Waals surface area contributed by atoms with Crippen molar-refractivity contribution in [3.63, 3.8) is 0 Å². The fourth-order valence-corrected chi connectivity index (χ4v) is 6.59. The smallest absolute Gasteiger partial charge is 0.434 e. The van der Waals surface area contributed by atoms with Crippen molar-refractivity contribution in [2.45, 2.75) is 19.1 Å². The van der Waals surface area contributed by atoms with E-state index in [0.717, 1.165) is 4.57 Å². The summed E-state index contributed by atoms with van der Waals surface area (Å²) in [6, 6.07) is 15.5. The van der Waals surface area contributed by atoms with E-state index in [4.69, 9.17) is 25.5 Å². The molecule has 3 heterocycles. The molecule has 1 N–H and O–H groups in total. The van der Waals surface area contributed by atoms with Crippen LogP contribution in [-0.2, 0) is 9.53 Å². The number of esters is 1. The van der Waals surface area contributed by atoms with E-state index < -0.39 is 41.0 Å². The van der Waals surface area contributed by atoms with Crippen molar-refractivity contribution in [3.8, 4) is 17.1 Å². The Morgan fingerprint density at radius 1 is 1.13 bits per heavy atom. The number of furan rings is 1. The van der Waals surface area contributed by atoms with Crippen molar-refractivity contribution in [1.29, 1.82) is 0 Å². The Balaban J connectivity index is 1.61. The van der Waals surface area contributed by atoms with Crippen molar-refractivity contribution >= 4 is 51.7 Å². The Bertz CT molecular complexity index is 2300. The van der Waals surface area contributed by atoms with Gasteiger partial charge in [0.15, 0.2) is 10.5 Å². The first kappa shape index (κ1) is 31.8. The highest BCUT2D eigenvalue weighted by Crippen LogP contribution is 2.43. The van der Waals surface area contributed by atoms with Crippen molar-refractivity contribution in [1.82, 2.24) is 4.57 Å². The van der Waals surface area contributed by atoms with E-state index in [2.05, 4.69) is 4.99 Å². The lowest BCUT2D eigenvalue weighted by Crippen LogP contribution is -2.41. The summed E-state index contributed by atoms with van der Waals surface area (Å²) >= 11 is 6.95. The van der Waals surface area contributed by atoms with Gasteiger partial charge in [0.25, 0.3) is 5.56 Å². The van der Waals surface area contributed by atoms with E-state index in [1.807, 2.05) is 0 Å². The molecule has 0 saturated carbocycles. The number of carbonyl (C=O) groups is 2. The van der Waals surface area contributed by atoms with Crippen LogP contribution >= 0.6 is 22.9 Å². The van der Waals surface area contributed by atoms with Gasteiger partial charge < -0.3 is 19.0 Å². The molecular weight excluding hydrogens is 661 g/mol. The van der Waals surface area contributed by atoms with Gasteiger partial charge in [-0.05, 0) is 54.1 Å². The highest BCUT2D eigenvalue weighted by Gasteiger charge is 2.46. The van der Waals surface area contributed by atoms with Crippen LogP contribution in [0, 0.1) is 0 Å². The highest BCUT2D eigenvalue weighted by atomic mass is 35.5. The maximum atomic E-state index is 14.7.